The molecule has 0 fully saturated rings. The van der Waals surface area contributed by atoms with E-state index in [2.05, 4.69) is 12.2 Å². The number of benzene rings is 1. The molecule has 0 amide bonds. The van der Waals surface area contributed by atoms with Gasteiger partial charge < -0.3 is 10.4 Å². The lowest BCUT2D eigenvalue weighted by atomic mass is 10.0. The van der Waals surface area contributed by atoms with Gasteiger partial charge in [0.2, 0.25) is 0 Å². The molecule has 1 aromatic rings. The number of hydrogen-bond donors (Lipinski definition) is 2. The molecule has 0 bridgehead atoms. The van der Waals surface area contributed by atoms with Gasteiger partial charge in [0.1, 0.15) is 0 Å². The number of rotatable bonds is 7. The van der Waals surface area contributed by atoms with E-state index < -0.39 is 5.97 Å². The third-order valence-corrected chi connectivity index (χ3v) is 3.23. The van der Waals surface area contributed by atoms with Crippen LogP contribution in [0.2, 0.25) is 5.02 Å². The smallest absolute Gasteiger partial charge is 0.304 e. The Morgan fingerprint density at radius 1 is 1.50 bits per heavy atom. The molecule has 18 heavy (non-hydrogen) atoms. The quantitative estimate of drug-likeness (QED) is 0.800. The van der Waals surface area contributed by atoms with Crippen LogP contribution in [0.3, 0.4) is 0 Å². The Hall–Kier alpha value is -1.06. The molecular formula is C14H20ClNO2. The molecule has 0 radical (unpaired) electrons. The minimum atomic E-state index is -0.769. The van der Waals surface area contributed by atoms with Gasteiger partial charge >= 0.3 is 5.97 Å². The Balaban J connectivity index is 2.68. The third kappa shape index (κ3) is 5.07. The van der Waals surface area contributed by atoms with E-state index in [4.69, 9.17) is 16.7 Å². The summed E-state index contributed by atoms with van der Waals surface area (Å²) >= 11 is 5.98. The second-order valence-electron chi connectivity index (χ2n) is 4.54. The van der Waals surface area contributed by atoms with Gasteiger partial charge in [0, 0.05) is 11.1 Å². The summed E-state index contributed by atoms with van der Waals surface area (Å²) in [6.45, 7) is 4.86. The Labute approximate surface area is 113 Å². The summed E-state index contributed by atoms with van der Waals surface area (Å²) in [6, 6.07) is 5.81. The van der Waals surface area contributed by atoms with Crippen LogP contribution in [0.15, 0.2) is 18.2 Å². The number of nitrogens with one attached hydrogen (secondary N) is 1. The van der Waals surface area contributed by atoms with Crippen LogP contribution in [0.5, 0.6) is 0 Å². The van der Waals surface area contributed by atoms with E-state index in [9.17, 15) is 4.79 Å². The SMILES string of the molecule is CCCNC(CC(=O)O)Cc1ccc(Cl)c(C)c1. The highest BCUT2D eigenvalue weighted by molar-refractivity contribution is 6.31. The van der Waals surface area contributed by atoms with Crippen LogP contribution in [-0.4, -0.2) is 23.7 Å². The largest absolute Gasteiger partial charge is 0.481 e. The monoisotopic (exact) mass is 269 g/mol. The number of carboxylic acid groups (broad SMARTS) is 1. The molecule has 0 aliphatic rings. The van der Waals surface area contributed by atoms with Gasteiger partial charge in [-0.15, -0.1) is 0 Å². The molecule has 0 spiro atoms. The number of aliphatic carboxylic acids is 1. The average molecular weight is 270 g/mol. The lowest BCUT2D eigenvalue weighted by Crippen LogP contribution is -2.33. The lowest BCUT2D eigenvalue weighted by molar-refractivity contribution is -0.137. The van der Waals surface area contributed by atoms with Gasteiger partial charge in [-0.25, -0.2) is 0 Å². The highest BCUT2D eigenvalue weighted by Crippen LogP contribution is 2.17. The fraction of sp³-hybridized carbons (Fsp3) is 0.500. The fourth-order valence-electron chi connectivity index (χ4n) is 1.89. The van der Waals surface area contributed by atoms with Crippen LogP contribution in [0.4, 0.5) is 0 Å². The molecule has 0 aliphatic heterocycles. The van der Waals surface area contributed by atoms with Gasteiger partial charge in [0.05, 0.1) is 6.42 Å². The first-order chi connectivity index (χ1) is 8.52. The topological polar surface area (TPSA) is 49.3 Å². The van der Waals surface area contributed by atoms with Crippen molar-refractivity contribution in [1.29, 1.82) is 0 Å². The molecular weight excluding hydrogens is 250 g/mol. The zero-order valence-corrected chi connectivity index (χ0v) is 11.6. The molecule has 0 heterocycles. The standard InChI is InChI=1S/C14H20ClNO2/c1-3-6-16-12(9-14(17)18)8-11-4-5-13(15)10(2)7-11/h4-5,7,12,16H,3,6,8-9H2,1-2H3,(H,17,18). The van der Waals surface area contributed by atoms with Crippen molar-refractivity contribution < 1.29 is 9.90 Å². The first-order valence-corrected chi connectivity index (χ1v) is 6.61. The van der Waals surface area contributed by atoms with E-state index in [1.54, 1.807) is 0 Å². The predicted molar refractivity (Wildman–Crippen MR) is 74.2 cm³/mol. The maximum atomic E-state index is 10.8. The van der Waals surface area contributed by atoms with Crippen molar-refractivity contribution in [3.8, 4) is 0 Å². The Kier molecular flexibility index (Phi) is 6.16. The van der Waals surface area contributed by atoms with E-state index >= 15 is 0 Å². The second-order valence-corrected chi connectivity index (χ2v) is 4.94. The van der Waals surface area contributed by atoms with Crippen molar-refractivity contribution in [3.05, 3.63) is 34.3 Å². The summed E-state index contributed by atoms with van der Waals surface area (Å²) in [5, 5.41) is 12.9. The van der Waals surface area contributed by atoms with Crippen molar-refractivity contribution in [2.75, 3.05) is 6.54 Å². The molecule has 1 rings (SSSR count). The van der Waals surface area contributed by atoms with Gasteiger partial charge in [-0.05, 0) is 43.5 Å². The first-order valence-electron chi connectivity index (χ1n) is 6.23. The summed E-state index contributed by atoms with van der Waals surface area (Å²) in [5.41, 5.74) is 2.14. The Morgan fingerprint density at radius 3 is 2.78 bits per heavy atom. The summed E-state index contributed by atoms with van der Waals surface area (Å²) < 4.78 is 0. The van der Waals surface area contributed by atoms with Gasteiger partial charge in [0.25, 0.3) is 0 Å². The third-order valence-electron chi connectivity index (χ3n) is 2.81. The van der Waals surface area contributed by atoms with E-state index in [-0.39, 0.29) is 12.5 Å². The van der Waals surface area contributed by atoms with Crippen molar-refractivity contribution >= 4 is 17.6 Å². The van der Waals surface area contributed by atoms with Gasteiger partial charge in [-0.3, -0.25) is 4.79 Å². The van der Waals surface area contributed by atoms with Crippen LogP contribution in [0.1, 0.15) is 30.9 Å². The number of carboxylic acids is 1. The van der Waals surface area contributed by atoms with Crippen molar-refractivity contribution in [2.45, 2.75) is 39.2 Å². The van der Waals surface area contributed by atoms with Crippen LogP contribution in [0.25, 0.3) is 0 Å². The summed E-state index contributed by atoms with van der Waals surface area (Å²) in [5.74, 6) is -0.769. The normalized spacial score (nSPS) is 12.4. The van der Waals surface area contributed by atoms with Gasteiger partial charge in [-0.2, -0.15) is 0 Å². The van der Waals surface area contributed by atoms with E-state index in [1.165, 1.54) is 0 Å². The maximum absolute atomic E-state index is 10.8. The maximum Gasteiger partial charge on any atom is 0.304 e. The van der Waals surface area contributed by atoms with Gasteiger partial charge in [0.15, 0.2) is 0 Å². The molecule has 1 aromatic carbocycles. The highest BCUT2D eigenvalue weighted by atomic mass is 35.5. The number of halogens is 1. The highest BCUT2D eigenvalue weighted by Gasteiger charge is 2.13. The lowest BCUT2D eigenvalue weighted by Gasteiger charge is -2.17. The van der Waals surface area contributed by atoms with E-state index in [1.807, 2.05) is 25.1 Å². The summed E-state index contributed by atoms with van der Waals surface area (Å²) in [6.07, 6.45) is 1.85. The molecule has 100 valence electrons. The molecule has 0 saturated heterocycles. The average Bonchev–Trinajstić information content (AvgIpc) is 2.30. The van der Waals surface area contributed by atoms with Crippen molar-refractivity contribution in [2.24, 2.45) is 0 Å². The molecule has 2 N–H and O–H groups in total. The molecule has 0 aromatic heterocycles. The minimum absolute atomic E-state index is 0.0250. The molecule has 1 unspecified atom stereocenters. The Morgan fingerprint density at radius 2 is 2.22 bits per heavy atom. The zero-order chi connectivity index (χ0) is 13.5. The zero-order valence-electron chi connectivity index (χ0n) is 10.9. The van der Waals surface area contributed by atoms with Crippen LogP contribution in [0, 0.1) is 6.92 Å². The molecule has 3 nitrogen and oxygen atoms in total. The molecule has 0 aliphatic carbocycles. The second kappa shape index (κ2) is 7.39. The van der Waals surface area contributed by atoms with Gasteiger partial charge in [-0.1, -0.05) is 30.7 Å². The molecule has 4 heteroatoms. The number of carbonyl (C=O) groups is 1. The van der Waals surface area contributed by atoms with Crippen molar-refractivity contribution in [1.82, 2.24) is 5.32 Å². The van der Waals surface area contributed by atoms with Crippen molar-refractivity contribution in [3.63, 3.8) is 0 Å². The first kappa shape index (κ1) is 15.0. The Bertz CT molecular complexity index is 407. The molecule has 1 atom stereocenters. The summed E-state index contributed by atoms with van der Waals surface area (Å²) in [7, 11) is 0. The summed E-state index contributed by atoms with van der Waals surface area (Å²) in [4.78, 5) is 10.8. The molecule has 0 saturated carbocycles. The number of aryl methyl sites for hydroxylation is 1. The van der Waals surface area contributed by atoms with Crippen LogP contribution >= 0.6 is 11.6 Å². The van der Waals surface area contributed by atoms with E-state index in [0.717, 1.165) is 29.1 Å². The van der Waals surface area contributed by atoms with Crippen LogP contribution < -0.4 is 5.32 Å². The van der Waals surface area contributed by atoms with E-state index in [0.29, 0.717) is 6.42 Å². The number of hydrogen-bond acceptors (Lipinski definition) is 2. The fourth-order valence-corrected chi connectivity index (χ4v) is 2.01. The predicted octanol–water partition coefficient (Wildman–Crippen LogP) is 3.03. The van der Waals surface area contributed by atoms with Crippen LogP contribution in [-0.2, 0) is 11.2 Å². The minimum Gasteiger partial charge on any atom is -0.481 e.